The molecule has 3 aromatic rings. The summed E-state index contributed by atoms with van der Waals surface area (Å²) >= 11 is 0. The van der Waals surface area contributed by atoms with Crippen molar-refractivity contribution >= 4 is 32.7 Å². The maximum Gasteiger partial charge on any atom is 0.224 e. The number of imidazole rings is 1. The number of nitrogens with zero attached hydrogens (tertiary/aromatic N) is 5. The van der Waals surface area contributed by atoms with Crippen molar-refractivity contribution in [2.24, 2.45) is 5.92 Å². The zero-order valence-electron chi connectivity index (χ0n) is 16.5. The topological polar surface area (TPSA) is 119 Å². The van der Waals surface area contributed by atoms with Crippen molar-refractivity contribution in [1.29, 1.82) is 0 Å². The Morgan fingerprint density at radius 2 is 2.10 bits per heavy atom. The summed E-state index contributed by atoms with van der Waals surface area (Å²) in [6.07, 6.45) is 6.50. The number of nitrogens with one attached hydrogen (secondary N) is 1. The van der Waals surface area contributed by atoms with Gasteiger partial charge in [0.2, 0.25) is 16.0 Å². The minimum atomic E-state index is -3.17. The third-order valence-electron chi connectivity index (χ3n) is 5.41. The molecule has 0 aliphatic carbocycles. The fourth-order valence-electron chi connectivity index (χ4n) is 3.77. The number of hydrogen-bond donors (Lipinski definition) is 2. The zero-order chi connectivity index (χ0) is 20.6. The van der Waals surface area contributed by atoms with E-state index < -0.39 is 10.0 Å². The molecule has 1 aromatic carbocycles. The van der Waals surface area contributed by atoms with Gasteiger partial charge in [-0.3, -0.25) is 4.57 Å². The van der Waals surface area contributed by atoms with E-state index in [9.17, 15) is 8.42 Å². The van der Waals surface area contributed by atoms with Gasteiger partial charge >= 0.3 is 0 Å². The number of fused-ring (bicyclic) bond motifs is 1. The Morgan fingerprint density at radius 1 is 1.28 bits per heavy atom. The van der Waals surface area contributed by atoms with Gasteiger partial charge in [-0.15, -0.1) is 0 Å². The number of nitrogens with two attached hydrogens (primary N) is 1. The van der Waals surface area contributed by atoms with Crippen LogP contribution in [0, 0.1) is 5.92 Å². The minimum absolute atomic E-state index is 0.0362. The van der Waals surface area contributed by atoms with E-state index in [1.807, 2.05) is 35.8 Å². The van der Waals surface area contributed by atoms with E-state index in [2.05, 4.69) is 20.3 Å². The van der Waals surface area contributed by atoms with E-state index in [1.54, 1.807) is 16.8 Å². The first-order valence-electron chi connectivity index (χ1n) is 9.59. The Hall–Kier alpha value is -2.72. The van der Waals surface area contributed by atoms with Gasteiger partial charge in [-0.2, -0.15) is 4.98 Å². The van der Waals surface area contributed by atoms with Crippen LogP contribution in [0.1, 0.15) is 19.8 Å². The number of piperidine rings is 1. The van der Waals surface area contributed by atoms with E-state index in [0.717, 1.165) is 23.9 Å². The second-order valence-corrected chi connectivity index (χ2v) is 9.54. The van der Waals surface area contributed by atoms with Gasteiger partial charge in [0.25, 0.3) is 0 Å². The fourth-order valence-corrected chi connectivity index (χ4v) is 4.69. The van der Waals surface area contributed by atoms with Crippen LogP contribution in [0.25, 0.3) is 16.9 Å². The Balaban J connectivity index is 1.53. The van der Waals surface area contributed by atoms with Gasteiger partial charge in [0.05, 0.1) is 17.3 Å². The van der Waals surface area contributed by atoms with E-state index in [0.29, 0.717) is 30.5 Å². The number of sulfonamides is 1. The van der Waals surface area contributed by atoms with Crippen LogP contribution < -0.4 is 11.1 Å². The molecular weight excluding hydrogens is 390 g/mol. The lowest BCUT2D eigenvalue weighted by atomic mass is 9.93. The molecule has 10 heteroatoms. The molecule has 1 aliphatic heterocycles. The van der Waals surface area contributed by atoms with Crippen LogP contribution in [0.5, 0.6) is 0 Å². The number of benzene rings is 1. The van der Waals surface area contributed by atoms with Crippen molar-refractivity contribution in [3.8, 4) is 5.82 Å². The Bertz CT molecular complexity index is 1130. The molecule has 2 aromatic heterocycles. The van der Waals surface area contributed by atoms with Crippen molar-refractivity contribution in [2.45, 2.75) is 25.8 Å². The van der Waals surface area contributed by atoms with Crippen LogP contribution in [-0.4, -0.2) is 57.6 Å². The number of anilines is 2. The second-order valence-electron chi connectivity index (χ2n) is 7.56. The van der Waals surface area contributed by atoms with Crippen molar-refractivity contribution in [3.63, 3.8) is 0 Å². The first kappa shape index (κ1) is 19.6. The average Bonchev–Trinajstić information content (AvgIpc) is 3.10. The standard InChI is InChI=1S/C19H25N7O2S/c1-13(14-4-3-9-25(11-14)29(2,27)28)23-19-21-8-7-18(24-19)26-12-22-16-10-15(20)5-6-17(16)26/h5-8,10,12-14H,3-4,9,11,20H2,1-2H3,(H,21,23,24). The van der Waals surface area contributed by atoms with Crippen LogP contribution in [0.2, 0.25) is 0 Å². The smallest absolute Gasteiger partial charge is 0.224 e. The van der Waals surface area contributed by atoms with Crippen molar-refractivity contribution in [3.05, 3.63) is 36.8 Å². The van der Waals surface area contributed by atoms with Gasteiger partial charge in [-0.25, -0.2) is 22.7 Å². The predicted octanol–water partition coefficient (Wildman–Crippen LogP) is 1.87. The summed E-state index contributed by atoms with van der Waals surface area (Å²) in [6, 6.07) is 7.43. The summed E-state index contributed by atoms with van der Waals surface area (Å²) in [5, 5.41) is 3.35. The highest BCUT2D eigenvalue weighted by atomic mass is 32.2. The number of aromatic nitrogens is 4. The molecule has 1 fully saturated rings. The lowest BCUT2D eigenvalue weighted by Gasteiger charge is -2.34. The second kappa shape index (κ2) is 7.60. The Labute approximate surface area is 170 Å². The summed E-state index contributed by atoms with van der Waals surface area (Å²) in [5.41, 5.74) is 8.21. The summed E-state index contributed by atoms with van der Waals surface area (Å²) in [4.78, 5) is 13.4. The maximum atomic E-state index is 11.9. The van der Waals surface area contributed by atoms with Gasteiger partial charge in [-0.1, -0.05) is 0 Å². The molecule has 0 amide bonds. The largest absolute Gasteiger partial charge is 0.399 e. The molecule has 29 heavy (non-hydrogen) atoms. The molecule has 154 valence electrons. The Kier molecular flexibility index (Phi) is 5.13. The first-order valence-corrected chi connectivity index (χ1v) is 11.4. The monoisotopic (exact) mass is 415 g/mol. The number of hydrogen-bond acceptors (Lipinski definition) is 7. The molecule has 0 radical (unpaired) electrons. The van der Waals surface area contributed by atoms with Crippen LogP contribution in [0.3, 0.4) is 0 Å². The van der Waals surface area contributed by atoms with Crippen LogP contribution in [0.4, 0.5) is 11.6 Å². The van der Waals surface area contributed by atoms with Crippen LogP contribution in [-0.2, 0) is 10.0 Å². The van der Waals surface area contributed by atoms with Crippen LogP contribution in [0.15, 0.2) is 36.8 Å². The third-order valence-corrected chi connectivity index (χ3v) is 6.68. The average molecular weight is 416 g/mol. The van der Waals surface area contributed by atoms with Crippen molar-refractivity contribution in [1.82, 2.24) is 23.8 Å². The predicted molar refractivity (Wildman–Crippen MR) is 113 cm³/mol. The molecule has 3 heterocycles. The van der Waals surface area contributed by atoms with E-state index in [-0.39, 0.29) is 12.0 Å². The molecule has 3 N–H and O–H groups in total. The molecule has 2 unspecified atom stereocenters. The van der Waals surface area contributed by atoms with Crippen molar-refractivity contribution in [2.75, 3.05) is 30.4 Å². The molecule has 4 rings (SSSR count). The van der Waals surface area contributed by atoms with Gasteiger partial charge in [0.15, 0.2) is 0 Å². The number of nitrogen functional groups attached to an aromatic ring is 1. The molecule has 9 nitrogen and oxygen atoms in total. The summed E-state index contributed by atoms with van der Waals surface area (Å²) < 4.78 is 27.2. The van der Waals surface area contributed by atoms with Gasteiger partial charge in [-0.05, 0) is 49.9 Å². The van der Waals surface area contributed by atoms with Crippen molar-refractivity contribution < 1.29 is 8.42 Å². The molecule has 0 spiro atoms. The highest BCUT2D eigenvalue weighted by molar-refractivity contribution is 7.88. The molecule has 0 bridgehead atoms. The first-order chi connectivity index (χ1) is 13.8. The van der Waals surface area contributed by atoms with E-state index >= 15 is 0 Å². The molecule has 2 atom stereocenters. The Morgan fingerprint density at radius 3 is 2.90 bits per heavy atom. The quantitative estimate of drug-likeness (QED) is 0.611. The SMILES string of the molecule is CC(Nc1nccc(-n2cnc3cc(N)ccc32)n1)C1CCCN(S(C)(=O)=O)C1. The molecule has 1 aliphatic rings. The lowest BCUT2D eigenvalue weighted by molar-refractivity contribution is 0.251. The number of rotatable bonds is 5. The summed E-state index contributed by atoms with van der Waals surface area (Å²) in [6.45, 7) is 3.15. The third kappa shape index (κ3) is 4.18. The zero-order valence-corrected chi connectivity index (χ0v) is 17.3. The highest BCUT2D eigenvalue weighted by Gasteiger charge is 2.29. The minimum Gasteiger partial charge on any atom is -0.399 e. The van der Waals surface area contributed by atoms with Gasteiger partial charge in [0, 0.05) is 31.0 Å². The van der Waals surface area contributed by atoms with Gasteiger partial charge in [0.1, 0.15) is 12.1 Å². The normalized spacial score (nSPS) is 19.3. The van der Waals surface area contributed by atoms with E-state index in [1.165, 1.54) is 6.26 Å². The van der Waals surface area contributed by atoms with Gasteiger partial charge < -0.3 is 11.1 Å². The summed E-state index contributed by atoms with van der Waals surface area (Å²) in [5.74, 6) is 1.40. The summed E-state index contributed by atoms with van der Waals surface area (Å²) in [7, 11) is -3.17. The molecule has 1 saturated heterocycles. The highest BCUT2D eigenvalue weighted by Crippen LogP contribution is 2.24. The van der Waals surface area contributed by atoms with E-state index in [4.69, 9.17) is 5.73 Å². The molecule has 0 saturated carbocycles. The lowest BCUT2D eigenvalue weighted by Crippen LogP contribution is -2.44. The molecular formula is C19H25N7O2S. The fraction of sp³-hybridized carbons (Fsp3) is 0.421. The maximum absolute atomic E-state index is 11.9. The van der Waals surface area contributed by atoms with Crippen LogP contribution >= 0.6 is 0 Å².